The van der Waals surface area contributed by atoms with Gasteiger partial charge >= 0.3 is 5.97 Å². The molecular weight excluding hydrogens is 494 g/mol. The van der Waals surface area contributed by atoms with Gasteiger partial charge in [-0.15, -0.1) is 0 Å². The highest BCUT2D eigenvalue weighted by Gasteiger charge is 2.19. The maximum absolute atomic E-state index is 12.8. The molecule has 33 heavy (non-hydrogen) atoms. The van der Waals surface area contributed by atoms with Crippen LogP contribution < -0.4 is 24.4 Å². The highest BCUT2D eigenvalue weighted by molar-refractivity contribution is 9.10. The SMILES string of the molecule is COc1cc(C(=O)Oc2ccccc2C=NNC(=O)c2cncc(Br)c2)cc(OC)c1OC. The Hall–Kier alpha value is -3.92. The third-order valence-electron chi connectivity index (χ3n) is 4.36. The summed E-state index contributed by atoms with van der Waals surface area (Å²) in [7, 11) is 4.38. The van der Waals surface area contributed by atoms with Gasteiger partial charge in [0.2, 0.25) is 5.75 Å². The number of amides is 1. The van der Waals surface area contributed by atoms with E-state index in [1.165, 1.54) is 45.9 Å². The van der Waals surface area contributed by atoms with Gasteiger partial charge in [-0.2, -0.15) is 5.10 Å². The first kappa shape index (κ1) is 23.7. The summed E-state index contributed by atoms with van der Waals surface area (Å²) in [6, 6.07) is 11.4. The van der Waals surface area contributed by atoms with Gasteiger partial charge < -0.3 is 18.9 Å². The Morgan fingerprint density at radius 2 is 1.64 bits per heavy atom. The van der Waals surface area contributed by atoms with Crippen LogP contribution in [-0.2, 0) is 0 Å². The number of nitrogens with one attached hydrogen (secondary N) is 1. The molecule has 0 radical (unpaired) electrons. The number of benzene rings is 2. The monoisotopic (exact) mass is 513 g/mol. The molecule has 0 aliphatic rings. The summed E-state index contributed by atoms with van der Waals surface area (Å²) in [5.74, 6) is 0.178. The van der Waals surface area contributed by atoms with E-state index in [9.17, 15) is 9.59 Å². The molecule has 1 N–H and O–H groups in total. The molecule has 0 saturated carbocycles. The Morgan fingerprint density at radius 3 is 2.27 bits per heavy atom. The molecule has 0 aliphatic carbocycles. The molecule has 3 rings (SSSR count). The maximum Gasteiger partial charge on any atom is 0.343 e. The van der Waals surface area contributed by atoms with Crippen molar-refractivity contribution < 1.29 is 28.5 Å². The lowest BCUT2D eigenvalue weighted by atomic mass is 10.1. The lowest BCUT2D eigenvalue weighted by molar-refractivity contribution is 0.0733. The van der Waals surface area contributed by atoms with Crippen molar-refractivity contribution in [3.63, 3.8) is 0 Å². The predicted molar refractivity (Wildman–Crippen MR) is 124 cm³/mol. The van der Waals surface area contributed by atoms with E-state index in [0.717, 1.165) is 0 Å². The summed E-state index contributed by atoms with van der Waals surface area (Å²) in [5, 5.41) is 3.95. The lowest BCUT2D eigenvalue weighted by Crippen LogP contribution is -2.18. The fourth-order valence-electron chi connectivity index (χ4n) is 2.80. The van der Waals surface area contributed by atoms with Gasteiger partial charge in [-0.3, -0.25) is 9.78 Å². The first-order chi connectivity index (χ1) is 16.0. The molecule has 1 heterocycles. The Balaban J connectivity index is 1.77. The highest BCUT2D eigenvalue weighted by Crippen LogP contribution is 2.38. The normalized spacial score (nSPS) is 10.5. The number of esters is 1. The number of carbonyl (C=O) groups excluding carboxylic acids is 2. The van der Waals surface area contributed by atoms with Crippen molar-refractivity contribution in [3.8, 4) is 23.0 Å². The van der Waals surface area contributed by atoms with E-state index in [4.69, 9.17) is 18.9 Å². The number of hydrazone groups is 1. The molecule has 1 amide bonds. The fraction of sp³-hybridized carbons (Fsp3) is 0.130. The van der Waals surface area contributed by atoms with Crippen LogP contribution in [0.5, 0.6) is 23.0 Å². The number of halogens is 1. The van der Waals surface area contributed by atoms with E-state index in [1.54, 1.807) is 36.5 Å². The Kier molecular flexibility index (Phi) is 7.98. The average molecular weight is 514 g/mol. The molecule has 0 aliphatic heterocycles. The fourth-order valence-corrected chi connectivity index (χ4v) is 3.16. The van der Waals surface area contributed by atoms with E-state index < -0.39 is 11.9 Å². The molecule has 0 unspecified atom stereocenters. The molecule has 9 nitrogen and oxygen atoms in total. The van der Waals surface area contributed by atoms with Crippen LogP contribution in [0, 0.1) is 0 Å². The molecular formula is C23H20BrN3O6. The van der Waals surface area contributed by atoms with Crippen LogP contribution in [0.1, 0.15) is 26.3 Å². The number of aromatic nitrogens is 1. The van der Waals surface area contributed by atoms with E-state index >= 15 is 0 Å². The number of ether oxygens (including phenoxy) is 4. The Bertz CT molecular complexity index is 1170. The summed E-state index contributed by atoms with van der Waals surface area (Å²) in [6.07, 6.45) is 4.36. The number of rotatable bonds is 8. The first-order valence-electron chi connectivity index (χ1n) is 9.52. The molecule has 0 bridgehead atoms. The summed E-state index contributed by atoms with van der Waals surface area (Å²) >= 11 is 3.26. The van der Waals surface area contributed by atoms with E-state index in [2.05, 4.69) is 31.4 Å². The second-order valence-corrected chi connectivity index (χ2v) is 7.35. The van der Waals surface area contributed by atoms with Crippen molar-refractivity contribution in [2.24, 2.45) is 5.10 Å². The minimum Gasteiger partial charge on any atom is -0.493 e. The van der Waals surface area contributed by atoms with Gasteiger partial charge in [-0.1, -0.05) is 12.1 Å². The Labute approximate surface area is 198 Å². The third-order valence-corrected chi connectivity index (χ3v) is 4.79. The van der Waals surface area contributed by atoms with Crippen molar-refractivity contribution >= 4 is 34.0 Å². The number of pyridine rings is 1. The van der Waals surface area contributed by atoms with Crippen molar-refractivity contribution in [1.82, 2.24) is 10.4 Å². The first-order valence-corrected chi connectivity index (χ1v) is 10.3. The number of nitrogens with zero attached hydrogens (tertiary/aromatic N) is 2. The van der Waals surface area contributed by atoms with Crippen LogP contribution in [0.25, 0.3) is 0 Å². The van der Waals surface area contributed by atoms with Crippen LogP contribution in [0.3, 0.4) is 0 Å². The number of para-hydroxylation sites is 1. The van der Waals surface area contributed by atoms with E-state index in [-0.39, 0.29) is 11.3 Å². The van der Waals surface area contributed by atoms with Crippen LogP contribution in [0.2, 0.25) is 0 Å². The minimum absolute atomic E-state index is 0.201. The van der Waals surface area contributed by atoms with Gasteiger partial charge in [-0.05, 0) is 46.3 Å². The van der Waals surface area contributed by atoms with Crippen LogP contribution in [0.4, 0.5) is 0 Å². The summed E-state index contributed by atoms with van der Waals surface area (Å²) in [5.41, 5.74) is 3.43. The van der Waals surface area contributed by atoms with Crippen molar-refractivity contribution in [2.45, 2.75) is 0 Å². The molecule has 0 saturated heterocycles. The molecule has 2 aromatic carbocycles. The standard InChI is InChI=1S/C23H20BrN3O6/c1-30-19-9-15(10-20(31-2)21(19)32-3)23(29)33-18-7-5-4-6-14(18)12-26-27-22(28)16-8-17(24)13-25-11-16/h4-13H,1-3H3,(H,27,28). The van der Waals surface area contributed by atoms with Gasteiger partial charge in [0.15, 0.2) is 11.5 Å². The molecule has 10 heteroatoms. The number of hydrogen-bond acceptors (Lipinski definition) is 8. The summed E-state index contributed by atoms with van der Waals surface area (Å²) < 4.78 is 22.1. The zero-order valence-corrected chi connectivity index (χ0v) is 19.6. The second-order valence-electron chi connectivity index (χ2n) is 6.43. The van der Waals surface area contributed by atoms with E-state index in [1.807, 2.05) is 0 Å². The van der Waals surface area contributed by atoms with Crippen LogP contribution in [-0.4, -0.2) is 44.4 Å². The van der Waals surface area contributed by atoms with E-state index in [0.29, 0.717) is 32.8 Å². The maximum atomic E-state index is 12.8. The van der Waals surface area contributed by atoms with Crippen molar-refractivity contribution in [3.05, 3.63) is 76.0 Å². The molecule has 3 aromatic rings. The van der Waals surface area contributed by atoms with Crippen LogP contribution in [0.15, 0.2) is 64.4 Å². The quantitative estimate of drug-likeness (QED) is 0.211. The predicted octanol–water partition coefficient (Wildman–Crippen LogP) is 3.85. The molecule has 0 spiro atoms. The molecule has 0 fully saturated rings. The largest absolute Gasteiger partial charge is 0.493 e. The highest BCUT2D eigenvalue weighted by atomic mass is 79.9. The zero-order valence-electron chi connectivity index (χ0n) is 18.0. The lowest BCUT2D eigenvalue weighted by Gasteiger charge is -2.14. The number of hydrogen-bond donors (Lipinski definition) is 1. The summed E-state index contributed by atoms with van der Waals surface area (Å²) in [4.78, 5) is 28.9. The number of methoxy groups -OCH3 is 3. The topological polar surface area (TPSA) is 108 Å². The Morgan fingerprint density at radius 1 is 0.939 bits per heavy atom. The number of carbonyl (C=O) groups is 2. The molecule has 1 aromatic heterocycles. The van der Waals surface area contributed by atoms with Gasteiger partial charge in [0.25, 0.3) is 5.91 Å². The minimum atomic E-state index is -0.639. The van der Waals surface area contributed by atoms with Gasteiger partial charge in [-0.25, -0.2) is 10.2 Å². The van der Waals surface area contributed by atoms with Crippen molar-refractivity contribution in [1.29, 1.82) is 0 Å². The zero-order chi connectivity index (χ0) is 23.8. The molecule has 170 valence electrons. The third kappa shape index (κ3) is 5.86. The van der Waals surface area contributed by atoms with Crippen molar-refractivity contribution in [2.75, 3.05) is 21.3 Å². The molecule has 0 atom stereocenters. The smallest absolute Gasteiger partial charge is 0.343 e. The summed E-state index contributed by atoms with van der Waals surface area (Å²) in [6.45, 7) is 0. The van der Waals surface area contributed by atoms with Gasteiger partial charge in [0, 0.05) is 22.4 Å². The average Bonchev–Trinajstić information content (AvgIpc) is 2.83. The van der Waals surface area contributed by atoms with Gasteiger partial charge in [0.05, 0.1) is 38.7 Å². The van der Waals surface area contributed by atoms with Crippen LogP contribution >= 0.6 is 15.9 Å². The van der Waals surface area contributed by atoms with Gasteiger partial charge in [0.1, 0.15) is 5.75 Å². The second kappa shape index (κ2) is 11.1.